The SMILES string of the molecule is COCOc1c(OC)c(C)cc2c1[C@@H]1C3Cc4c(OC(=O)O)c(C)c5c(c4[C@H](CNC(=O)C(C)NC(=O)OC(C)(C)C)N3[C@@H](C#N)[C@H](C2)N1C)OCO5. The summed E-state index contributed by atoms with van der Waals surface area (Å²) in [7, 11) is 5.09. The number of carbonyl (C=O) groups is 3. The van der Waals surface area contributed by atoms with Gasteiger partial charge in [-0.25, -0.2) is 9.59 Å². The van der Waals surface area contributed by atoms with Crippen LogP contribution in [0.2, 0.25) is 0 Å². The monoisotopic (exact) mass is 737 g/mol. The van der Waals surface area contributed by atoms with Gasteiger partial charge < -0.3 is 48.9 Å². The van der Waals surface area contributed by atoms with E-state index in [1.165, 1.54) is 7.11 Å². The smallest absolute Gasteiger partial charge is 0.493 e. The van der Waals surface area contributed by atoms with E-state index in [2.05, 4.69) is 32.6 Å². The van der Waals surface area contributed by atoms with E-state index < -0.39 is 54.0 Å². The van der Waals surface area contributed by atoms with Gasteiger partial charge in [-0.2, -0.15) is 5.26 Å². The molecule has 2 aromatic rings. The van der Waals surface area contributed by atoms with Crippen molar-refractivity contribution in [2.45, 2.75) is 96.2 Å². The van der Waals surface area contributed by atoms with E-state index in [-0.39, 0.29) is 38.3 Å². The van der Waals surface area contributed by atoms with Crippen LogP contribution in [0.1, 0.15) is 73.2 Å². The Morgan fingerprint density at radius 3 is 2.43 bits per heavy atom. The lowest BCUT2D eigenvalue weighted by molar-refractivity contribution is -0.123. The molecule has 4 heterocycles. The van der Waals surface area contributed by atoms with Gasteiger partial charge in [0, 0.05) is 48.0 Å². The summed E-state index contributed by atoms with van der Waals surface area (Å²) in [4.78, 5) is 42.6. The van der Waals surface area contributed by atoms with Gasteiger partial charge in [-0.15, -0.1) is 0 Å². The Bertz CT molecular complexity index is 1850. The number of hydrogen-bond donors (Lipinski definition) is 3. The minimum atomic E-state index is -1.50. The zero-order chi connectivity index (χ0) is 38.5. The average molecular weight is 738 g/mol. The number of alkyl carbamates (subject to hydrolysis) is 1. The summed E-state index contributed by atoms with van der Waals surface area (Å²) in [5, 5.41) is 26.4. The largest absolute Gasteiger partial charge is 0.511 e. The van der Waals surface area contributed by atoms with Crippen LogP contribution in [-0.4, -0.2) is 104 Å². The summed E-state index contributed by atoms with van der Waals surface area (Å²) in [6.45, 7) is 10.2. The van der Waals surface area contributed by atoms with Gasteiger partial charge in [0.05, 0.1) is 25.3 Å². The molecule has 1 fully saturated rings. The van der Waals surface area contributed by atoms with Gasteiger partial charge in [0.15, 0.2) is 29.8 Å². The van der Waals surface area contributed by atoms with E-state index in [9.17, 15) is 24.8 Å². The lowest BCUT2D eigenvalue weighted by Crippen LogP contribution is -2.69. The summed E-state index contributed by atoms with van der Waals surface area (Å²) >= 11 is 0. The first-order valence-corrected chi connectivity index (χ1v) is 17.5. The molecule has 0 aromatic heterocycles. The zero-order valence-electron chi connectivity index (χ0n) is 31.4. The molecule has 4 aliphatic heterocycles. The van der Waals surface area contributed by atoms with Crippen LogP contribution in [0.25, 0.3) is 0 Å². The number of ether oxygens (including phenoxy) is 7. The molecule has 2 amide bonds. The minimum Gasteiger partial charge on any atom is -0.493 e. The van der Waals surface area contributed by atoms with Crippen molar-refractivity contribution in [1.29, 1.82) is 5.26 Å². The van der Waals surface area contributed by atoms with Crippen LogP contribution in [0.3, 0.4) is 0 Å². The molecule has 1 saturated heterocycles. The Hall–Kier alpha value is -4.98. The summed E-state index contributed by atoms with van der Waals surface area (Å²) in [6.07, 6.45) is -1.49. The van der Waals surface area contributed by atoms with Crippen LogP contribution in [0.15, 0.2) is 6.07 Å². The van der Waals surface area contributed by atoms with Crippen LogP contribution >= 0.6 is 0 Å². The van der Waals surface area contributed by atoms with E-state index in [0.717, 1.165) is 16.7 Å². The maximum absolute atomic E-state index is 13.6. The quantitative estimate of drug-likeness (QED) is 0.191. The molecule has 2 unspecified atom stereocenters. The second-order valence-corrected chi connectivity index (χ2v) is 14.8. The number of aryl methyl sites for hydroxylation is 1. The maximum atomic E-state index is 13.6. The lowest BCUT2D eigenvalue weighted by atomic mass is 9.71. The van der Waals surface area contributed by atoms with Crippen molar-refractivity contribution in [3.63, 3.8) is 0 Å². The van der Waals surface area contributed by atoms with Gasteiger partial charge in [-0.3, -0.25) is 14.6 Å². The number of fused-ring (bicyclic) bond motifs is 9. The van der Waals surface area contributed by atoms with Crippen molar-refractivity contribution in [3.8, 4) is 34.8 Å². The van der Waals surface area contributed by atoms with E-state index in [1.807, 2.05) is 14.0 Å². The van der Waals surface area contributed by atoms with Crippen molar-refractivity contribution in [1.82, 2.24) is 20.4 Å². The van der Waals surface area contributed by atoms with Crippen molar-refractivity contribution in [2.24, 2.45) is 0 Å². The molecule has 4 aliphatic rings. The van der Waals surface area contributed by atoms with Gasteiger partial charge in [0.25, 0.3) is 0 Å². The molecule has 2 aromatic carbocycles. The molecule has 0 aliphatic carbocycles. The number of nitrogens with one attached hydrogen (secondary N) is 2. The number of carbonyl (C=O) groups excluding carboxylic acids is 2. The first-order chi connectivity index (χ1) is 25.1. The van der Waals surface area contributed by atoms with Gasteiger partial charge in [-0.1, -0.05) is 6.07 Å². The fourth-order valence-electron chi connectivity index (χ4n) is 8.39. The fraction of sp³-hybridized carbons (Fsp3) is 0.568. The highest BCUT2D eigenvalue weighted by molar-refractivity contribution is 5.85. The van der Waals surface area contributed by atoms with Crippen molar-refractivity contribution < 1.29 is 52.6 Å². The van der Waals surface area contributed by atoms with Crippen LogP contribution in [0.5, 0.6) is 28.7 Å². The lowest BCUT2D eigenvalue weighted by Gasteiger charge is -2.60. The third-order valence-corrected chi connectivity index (χ3v) is 10.4. The van der Waals surface area contributed by atoms with E-state index >= 15 is 0 Å². The number of carboxylic acid groups (broad SMARTS) is 1. The summed E-state index contributed by atoms with van der Waals surface area (Å²) < 4.78 is 40.2. The molecule has 0 spiro atoms. The number of nitrogens with zero attached hydrogens (tertiary/aromatic N) is 3. The summed E-state index contributed by atoms with van der Waals surface area (Å²) in [6, 6.07) is 1.11. The van der Waals surface area contributed by atoms with Gasteiger partial charge in [-0.05, 0) is 72.6 Å². The number of benzene rings is 2. The van der Waals surface area contributed by atoms with Crippen LogP contribution in [0.4, 0.5) is 9.59 Å². The normalized spacial score (nSPS) is 23.4. The van der Waals surface area contributed by atoms with Crippen LogP contribution in [-0.2, 0) is 27.1 Å². The first-order valence-electron chi connectivity index (χ1n) is 17.5. The molecule has 6 atom stereocenters. The van der Waals surface area contributed by atoms with Crippen LogP contribution < -0.4 is 34.3 Å². The first kappa shape index (κ1) is 37.8. The van der Waals surface area contributed by atoms with Crippen molar-refractivity contribution in [3.05, 3.63) is 39.4 Å². The average Bonchev–Trinajstić information content (AvgIpc) is 3.57. The predicted octanol–water partition coefficient (Wildman–Crippen LogP) is 3.88. The van der Waals surface area contributed by atoms with E-state index in [0.29, 0.717) is 46.1 Å². The maximum Gasteiger partial charge on any atom is 0.511 e. The molecular formula is C37H47N5O11. The Morgan fingerprint density at radius 2 is 1.79 bits per heavy atom. The number of rotatable bonds is 9. The third kappa shape index (κ3) is 6.73. The number of methoxy groups -OCH3 is 2. The van der Waals surface area contributed by atoms with Gasteiger partial charge >= 0.3 is 12.2 Å². The fourth-order valence-corrected chi connectivity index (χ4v) is 8.39. The van der Waals surface area contributed by atoms with E-state index in [4.69, 9.17) is 33.2 Å². The predicted molar refractivity (Wildman–Crippen MR) is 188 cm³/mol. The molecule has 6 rings (SSSR count). The summed E-state index contributed by atoms with van der Waals surface area (Å²) in [5.41, 5.74) is 3.55. The molecule has 53 heavy (non-hydrogen) atoms. The Morgan fingerprint density at radius 1 is 1.08 bits per heavy atom. The summed E-state index contributed by atoms with van der Waals surface area (Å²) in [5.74, 6) is 1.43. The molecular weight excluding hydrogens is 690 g/mol. The molecule has 3 N–H and O–H groups in total. The van der Waals surface area contributed by atoms with E-state index in [1.54, 1.807) is 41.7 Å². The van der Waals surface area contributed by atoms with Crippen molar-refractivity contribution in [2.75, 3.05) is 41.4 Å². The standard InChI is InChI=1S/C37H47N5O11/c1-17-10-20-11-22-24(13-38)42-23(28(41(22)7)26(20)32(29(17)48-9)49-15-47-8)12-21-27(33-31(50-16-51-33)18(2)30(21)52-36(45)46)25(42)14-39-34(43)19(3)40-35(44)53-37(4,5)6/h10,19,22-25,28H,11-12,14-16H2,1-9H3,(H,39,43)(H,40,44)(H,45,46)/t19?,22-,23?,24-,25-,28-/m0/s1. The molecule has 16 heteroatoms. The molecule has 16 nitrogen and oxygen atoms in total. The topological polar surface area (TPSA) is 190 Å². The Labute approximate surface area is 308 Å². The second-order valence-electron chi connectivity index (χ2n) is 14.8. The highest BCUT2D eigenvalue weighted by Gasteiger charge is 2.57. The van der Waals surface area contributed by atoms with Crippen molar-refractivity contribution >= 4 is 18.2 Å². The minimum absolute atomic E-state index is 0.0341. The highest BCUT2D eigenvalue weighted by atomic mass is 16.7. The second kappa shape index (κ2) is 14.4. The zero-order valence-corrected chi connectivity index (χ0v) is 31.4. The number of amides is 2. The highest BCUT2D eigenvalue weighted by Crippen LogP contribution is 2.58. The third-order valence-electron chi connectivity index (χ3n) is 10.4. The number of likely N-dealkylation sites (N-methyl/N-ethyl adjacent to an activating group) is 1. The van der Waals surface area contributed by atoms with Gasteiger partial charge in [0.2, 0.25) is 12.7 Å². The molecule has 0 radical (unpaired) electrons. The Balaban J connectivity index is 1.51. The number of piperazine rings is 1. The molecule has 0 saturated carbocycles. The molecule has 286 valence electrons. The van der Waals surface area contributed by atoms with Gasteiger partial charge in [0.1, 0.15) is 23.4 Å². The number of nitriles is 1. The number of hydrogen-bond acceptors (Lipinski definition) is 13. The molecule has 2 bridgehead atoms. The Kier molecular flexibility index (Phi) is 10.3. The van der Waals surface area contributed by atoms with Crippen LogP contribution in [0, 0.1) is 25.2 Å².